The molecule has 0 bridgehead atoms. The van der Waals surface area contributed by atoms with Crippen LogP contribution in [-0.2, 0) is 10.8 Å². The van der Waals surface area contributed by atoms with Crippen LogP contribution in [0.3, 0.4) is 0 Å². The molecule has 2 nitrogen and oxygen atoms in total. The SMILES string of the molecule is C#CCCNCCS(=O)CC. The van der Waals surface area contributed by atoms with E-state index in [4.69, 9.17) is 6.42 Å². The second kappa shape index (κ2) is 7.77. The number of hydrogen-bond acceptors (Lipinski definition) is 2. The number of nitrogens with one attached hydrogen (secondary N) is 1. The highest BCUT2D eigenvalue weighted by Crippen LogP contribution is 1.79. The lowest BCUT2D eigenvalue weighted by atomic mass is 10.4. The Labute approximate surface area is 71.2 Å². The molecular formula is C8H15NOS. The van der Waals surface area contributed by atoms with E-state index >= 15 is 0 Å². The van der Waals surface area contributed by atoms with Crippen LogP contribution >= 0.6 is 0 Å². The Bertz CT molecular complexity index is 151. The third-order valence-corrected chi connectivity index (χ3v) is 2.58. The summed E-state index contributed by atoms with van der Waals surface area (Å²) >= 11 is 0. The van der Waals surface area contributed by atoms with Gasteiger partial charge in [-0.25, -0.2) is 0 Å². The van der Waals surface area contributed by atoms with Gasteiger partial charge in [-0.2, -0.15) is 0 Å². The van der Waals surface area contributed by atoms with Crippen LogP contribution in [-0.4, -0.2) is 28.8 Å². The molecule has 0 aromatic rings. The normalized spacial score (nSPS) is 12.4. The molecule has 3 heteroatoms. The molecule has 0 fully saturated rings. The molecule has 0 aromatic carbocycles. The zero-order valence-corrected chi connectivity index (χ0v) is 7.75. The quantitative estimate of drug-likeness (QED) is 0.464. The first-order valence-corrected chi connectivity index (χ1v) is 5.29. The minimum absolute atomic E-state index is 0.647. The first-order valence-electron chi connectivity index (χ1n) is 3.80. The zero-order valence-electron chi connectivity index (χ0n) is 6.93. The highest BCUT2D eigenvalue weighted by atomic mass is 32.2. The van der Waals surface area contributed by atoms with E-state index in [1.54, 1.807) is 0 Å². The molecule has 0 spiro atoms. The maximum Gasteiger partial charge on any atom is 0.0359 e. The first-order chi connectivity index (χ1) is 5.31. The molecule has 0 saturated carbocycles. The van der Waals surface area contributed by atoms with Gasteiger partial charge in [-0.15, -0.1) is 12.3 Å². The fourth-order valence-corrected chi connectivity index (χ4v) is 1.28. The number of terminal acetylenes is 1. The average molecular weight is 173 g/mol. The van der Waals surface area contributed by atoms with Crippen molar-refractivity contribution in [3.8, 4) is 12.3 Å². The molecule has 0 aromatic heterocycles. The zero-order chi connectivity index (χ0) is 8.53. The molecular weight excluding hydrogens is 158 g/mol. The van der Waals surface area contributed by atoms with Crippen molar-refractivity contribution < 1.29 is 4.21 Å². The Morgan fingerprint density at radius 3 is 2.82 bits per heavy atom. The van der Waals surface area contributed by atoms with Crippen LogP contribution in [0.15, 0.2) is 0 Å². The summed E-state index contributed by atoms with van der Waals surface area (Å²) in [6.45, 7) is 3.57. The van der Waals surface area contributed by atoms with Crippen molar-refractivity contribution >= 4 is 10.8 Å². The van der Waals surface area contributed by atoms with Gasteiger partial charge < -0.3 is 5.32 Å². The lowest BCUT2D eigenvalue weighted by Gasteiger charge is -2.00. The summed E-state index contributed by atoms with van der Waals surface area (Å²) in [5, 5.41) is 3.12. The second-order valence-corrected chi connectivity index (χ2v) is 4.00. The number of rotatable bonds is 6. The largest absolute Gasteiger partial charge is 0.315 e. The molecule has 0 aliphatic heterocycles. The van der Waals surface area contributed by atoms with E-state index in [-0.39, 0.29) is 0 Å². The molecule has 0 aliphatic rings. The van der Waals surface area contributed by atoms with Gasteiger partial charge in [-0.05, 0) is 0 Å². The minimum Gasteiger partial charge on any atom is -0.315 e. The molecule has 11 heavy (non-hydrogen) atoms. The van der Waals surface area contributed by atoms with Crippen LogP contribution in [0, 0.1) is 12.3 Å². The summed E-state index contributed by atoms with van der Waals surface area (Å²) in [7, 11) is -0.647. The summed E-state index contributed by atoms with van der Waals surface area (Å²) in [6.07, 6.45) is 5.80. The second-order valence-electron chi connectivity index (χ2n) is 2.14. The monoisotopic (exact) mass is 173 g/mol. The van der Waals surface area contributed by atoms with E-state index in [0.717, 1.165) is 31.0 Å². The van der Waals surface area contributed by atoms with E-state index in [0.29, 0.717) is 0 Å². The standard InChI is InChI=1S/C8H15NOS/c1-3-5-6-9-7-8-11(10)4-2/h1,9H,4-8H2,2H3. The molecule has 1 N–H and O–H groups in total. The van der Waals surface area contributed by atoms with E-state index in [1.807, 2.05) is 6.92 Å². The van der Waals surface area contributed by atoms with Gasteiger partial charge in [0.15, 0.2) is 0 Å². The van der Waals surface area contributed by atoms with Crippen molar-refractivity contribution in [2.75, 3.05) is 24.6 Å². The molecule has 1 atom stereocenters. The number of hydrogen-bond donors (Lipinski definition) is 1. The molecule has 0 aliphatic carbocycles. The Morgan fingerprint density at radius 1 is 1.55 bits per heavy atom. The summed E-state index contributed by atoms with van der Waals surface area (Å²) < 4.78 is 10.9. The van der Waals surface area contributed by atoms with Crippen molar-refractivity contribution in [3.63, 3.8) is 0 Å². The van der Waals surface area contributed by atoms with Crippen LogP contribution in [0.2, 0.25) is 0 Å². The molecule has 0 saturated heterocycles. The van der Waals surface area contributed by atoms with Gasteiger partial charge in [-0.3, -0.25) is 4.21 Å². The summed E-state index contributed by atoms with van der Waals surface area (Å²) in [6, 6.07) is 0. The van der Waals surface area contributed by atoms with Crippen molar-refractivity contribution in [1.82, 2.24) is 5.32 Å². The highest BCUT2D eigenvalue weighted by Gasteiger charge is 1.93. The predicted molar refractivity (Wildman–Crippen MR) is 49.9 cm³/mol. The van der Waals surface area contributed by atoms with E-state index in [9.17, 15) is 4.21 Å². The third kappa shape index (κ3) is 7.57. The third-order valence-electron chi connectivity index (χ3n) is 1.27. The van der Waals surface area contributed by atoms with Crippen molar-refractivity contribution in [2.45, 2.75) is 13.3 Å². The van der Waals surface area contributed by atoms with Crippen molar-refractivity contribution in [3.05, 3.63) is 0 Å². The molecule has 0 radical (unpaired) electrons. The van der Waals surface area contributed by atoms with E-state index in [2.05, 4.69) is 11.2 Å². The van der Waals surface area contributed by atoms with Gasteiger partial charge in [0.1, 0.15) is 0 Å². The summed E-state index contributed by atoms with van der Waals surface area (Å²) in [4.78, 5) is 0. The Morgan fingerprint density at radius 2 is 2.27 bits per heavy atom. The van der Waals surface area contributed by atoms with Gasteiger partial charge in [0.2, 0.25) is 0 Å². The van der Waals surface area contributed by atoms with Crippen LogP contribution in [0.25, 0.3) is 0 Å². The van der Waals surface area contributed by atoms with Crippen molar-refractivity contribution in [2.24, 2.45) is 0 Å². The fourth-order valence-electron chi connectivity index (χ4n) is 0.616. The smallest absolute Gasteiger partial charge is 0.0359 e. The van der Waals surface area contributed by atoms with E-state index < -0.39 is 10.8 Å². The lowest BCUT2D eigenvalue weighted by Crippen LogP contribution is -2.21. The fraction of sp³-hybridized carbons (Fsp3) is 0.750. The van der Waals surface area contributed by atoms with Gasteiger partial charge >= 0.3 is 0 Å². The van der Waals surface area contributed by atoms with E-state index in [1.165, 1.54) is 0 Å². The average Bonchev–Trinajstić information content (AvgIpc) is 2.04. The highest BCUT2D eigenvalue weighted by molar-refractivity contribution is 7.84. The summed E-state index contributed by atoms with van der Waals surface area (Å²) in [5.74, 6) is 4.02. The Hall–Kier alpha value is -0.330. The molecule has 0 rings (SSSR count). The van der Waals surface area contributed by atoms with Crippen LogP contribution in [0.1, 0.15) is 13.3 Å². The first kappa shape index (κ1) is 10.7. The Kier molecular flexibility index (Phi) is 7.54. The minimum atomic E-state index is -0.647. The van der Waals surface area contributed by atoms with Gasteiger partial charge in [0.25, 0.3) is 0 Å². The lowest BCUT2D eigenvalue weighted by molar-refractivity contribution is 0.675. The maximum absolute atomic E-state index is 10.9. The molecule has 64 valence electrons. The van der Waals surface area contributed by atoms with Crippen LogP contribution < -0.4 is 5.32 Å². The summed E-state index contributed by atoms with van der Waals surface area (Å²) in [5.41, 5.74) is 0. The molecule has 0 heterocycles. The Balaban J connectivity index is 3.03. The topological polar surface area (TPSA) is 29.1 Å². The van der Waals surface area contributed by atoms with Crippen LogP contribution in [0.5, 0.6) is 0 Å². The van der Waals surface area contributed by atoms with Crippen LogP contribution in [0.4, 0.5) is 0 Å². The van der Waals surface area contributed by atoms with Gasteiger partial charge in [-0.1, -0.05) is 6.92 Å². The van der Waals surface area contributed by atoms with Crippen molar-refractivity contribution in [1.29, 1.82) is 0 Å². The molecule has 0 amide bonds. The maximum atomic E-state index is 10.9. The predicted octanol–water partition coefficient (Wildman–Crippen LogP) is 0.368. The molecule has 1 unspecified atom stereocenters. The van der Waals surface area contributed by atoms with Gasteiger partial charge in [0, 0.05) is 41.8 Å². The van der Waals surface area contributed by atoms with Gasteiger partial charge in [0.05, 0.1) is 0 Å².